The third kappa shape index (κ3) is 2.72. The number of ether oxygens (including phenoxy) is 1. The standard InChI is InChI=1S/C17H28N2O2/c20-16(15-4-1-10-19(15)14-5-6-14)18-9-2-7-17(12-18)8-3-11-21-13-17/h14-15H,1-13H2. The molecule has 1 spiro atoms. The van der Waals surface area contributed by atoms with Crippen molar-refractivity contribution in [2.24, 2.45) is 5.41 Å². The molecule has 4 aliphatic rings. The van der Waals surface area contributed by atoms with Gasteiger partial charge < -0.3 is 9.64 Å². The first-order chi connectivity index (χ1) is 10.3. The van der Waals surface area contributed by atoms with Gasteiger partial charge in [-0.2, -0.15) is 0 Å². The summed E-state index contributed by atoms with van der Waals surface area (Å²) in [6.07, 6.45) is 9.71. The maximum Gasteiger partial charge on any atom is 0.239 e. The van der Waals surface area contributed by atoms with Crippen molar-refractivity contribution in [3.05, 3.63) is 0 Å². The lowest BCUT2D eigenvalue weighted by atomic mass is 9.75. The summed E-state index contributed by atoms with van der Waals surface area (Å²) in [5, 5.41) is 0. The van der Waals surface area contributed by atoms with E-state index >= 15 is 0 Å². The Balaban J connectivity index is 1.43. The summed E-state index contributed by atoms with van der Waals surface area (Å²) in [5.74, 6) is 0.420. The van der Waals surface area contributed by atoms with Crippen LogP contribution in [0.5, 0.6) is 0 Å². The zero-order chi connectivity index (χ0) is 14.3. The van der Waals surface area contributed by atoms with E-state index in [1.165, 1.54) is 38.5 Å². The van der Waals surface area contributed by atoms with E-state index in [1.54, 1.807) is 0 Å². The van der Waals surface area contributed by atoms with Crippen LogP contribution in [-0.2, 0) is 9.53 Å². The molecular formula is C17H28N2O2. The highest BCUT2D eigenvalue weighted by Gasteiger charge is 2.44. The predicted molar refractivity (Wildman–Crippen MR) is 81.1 cm³/mol. The third-order valence-corrected chi connectivity index (χ3v) is 5.97. The number of likely N-dealkylation sites (tertiary alicyclic amines) is 2. The first kappa shape index (κ1) is 14.0. The van der Waals surface area contributed by atoms with Crippen LogP contribution in [0.1, 0.15) is 51.4 Å². The van der Waals surface area contributed by atoms with E-state index in [9.17, 15) is 4.79 Å². The minimum atomic E-state index is 0.192. The first-order valence-electron chi connectivity index (χ1n) is 8.90. The number of nitrogens with zero attached hydrogens (tertiary/aromatic N) is 2. The molecule has 0 aromatic carbocycles. The normalized spacial score (nSPS) is 38.1. The van der Waals surface area contributed by atoms with Crippen molar-refractivity contribution in [3.63, 3.8) is 0 Å². The van der Waals surface area contributed by atoms with Crippen LogP contribution in [0.3, 0.4) is 0 Å². The number of rotatable bonds is 2. The maximum absolute atomic E-state index is 13.0. The smallest absolute Gasteiger partial charge is 0.239 e. The van der Waals surface area contributed by atoms with Crippen molar-refractivity contribution in [1.29, 1.82) is 0 Å². The van der Waals surface area contributed by atoms with Gasteiger partial charge in [0.2, 0.25) is 5.91 Å². The molecule has 118 valence electrons. The molecule has 2 atom stereocenters. The van der Waals surface area contributed by atoms with Gasteiger partial charge in [0.05, 0.1) is 12.6 Å². The zero-order valence-corrected chi connectivity index (χ0v) is 13.1. The van der Waals surface area contributed by atoms with Gasteiger partial charge in [-0.25, -0.2) is 0 Å². The molecule has 1 saturated carbocycles. The van der Waals surface area contributed by atoms with E-state index in [0.717, 1.165) is 51.7 Å². The van der Waals surface area contributed by atoms with Gasteiger partial charge in [-0.1, -0.05) is 0 Å². The first-order valence-corrected chi connectivity index (χ1v) is 8.90. The van der Waals surface area contributed by atoms with Gasteiger partial charge in [-0.15, -0.1) is 0 Å². The van der Waals surface area contributed by atoms with Crippen LogP contribution < -0.4 is 0 Å². The van der Waals surface area contributed by atoms with Gasteiger partial charge in [0.25, 0.3) is 0 Å². The number of hydrogen-bond donors (Lipinski definition) is 0. The Morgan fingerprint density at radius 1 is 1.05 bits per heavy atom. The second kappa shape index (κ2) is 5.54. The van der Waals surface area contributed by atoms with Gasteiger partial charge in [-0.3, -0.25) is 9.69 Å². The van der Waals surface area contributed by atoms with E-state index in [2.05, 4.69) is 9.80 Å². The van der Waals surface area contributed by atoms with E-state index in [1.807, 2.05) is 0 Å². The van der Waals surface area contributed by atoms with Gasteiger partial charge >= 0.3 is 0 Å². The van der Waals surface area contributed by atoms with Gasteiger partial charge in [0.15, 0.2) is 0 Å². The van der Waals surface area contributed by atoms with Crippen molar-refractivity contribution >= 4 is 5.91 Å². The molecule has 0 bridgehead atoms. The minimum absolute atomic E-state index is 0.192. The highest BCUT2D eigenvalue weighted by Crippen LogP contribution is 2.39. The SMILES string of the molecule is O=C(C1CCCN1C1CC1)N1CCCC2(CCCOC2)C1. The van der Waals surface area contributed by atoms with Crippen LogP contribution in [0, 0.1) is 5.41 Å². The molecule has 0 aromatic rings. The van der Waals surface area contributed by atoms with Crippen LogP contribution in [0.2, 0.25) is 0 Å². The molecule has 4 nitrogen and oxygen atoms in total. The average Bonchev–Trinajstić information content (AvgIpc) is 3.24. The monoisotopic (exact) mass is 292 g/mol. The number of carbonyl (C=O) groups is 1. The summed E-state index contributed by atoms with van der Waals surface area (Å²) in [5.41, 5.74) is 0.273. The van der Waals surface area contributed by atoms with Crippen molar-refractivity contribution in [1.82, 2.24) is 9.80 Å². The quantitative estimate of drug-likeness (QED) is 0.781. The van der Waals surface area contributed by atoms with E-state index in [4.69, 9.17) is 4.74 Å². The molecule has 4 fully saturated rings. The molecule has 2 unspecified atom stereocenters. The molecule has 3 heterocycles. The summed E-state index contributed by atoms with van der Waals surface area (Å²) in [7, 11) is 0. The lowest BCUT2D eigenvalue weighted by Crippen LogP contribution is -2.54. The molecular weight excluding hydrogens is 264 g/mol. The fourth-order valence-electron chi connectivity index (χ4n) is 4.74. The molecule has 4 rings (SSSR count). The Morgan fingerprint density at radius 2 is 1.90 bits per heavy atom. The Morgan fingerprint density at radius 3 is 2.67 bits per heavy atom. The maximum atomic E-state index is 13.0. The van der Waals surface area contributed by atoms with Crippen molar-refractivity contribution in [3.8, 4) is 0 Å². The number of carbonyl (C=O) groups excluding carboxylic acids is 1. The molecule has 4 heteroatoms. The average molecular weight is 292 g/mol. The van der Waals surface area contributed by atoms with Crippen molar-refractivity contribution in [2.75, 3.05) is 32.8 Å². The van der Waals surface area contributed by atoms with E-state index < -0.39 is 0 Å². The molecule has 3 aliphatic heterocycles. The summed E-state index contributed by atoms with van der Waals surface area (Å²) in [6.45, 7) is 4.83. The van der Waals surface area contributed by atoms with Crippen molar-refractivity contribution < 1.29 is 9.53 Å². The fourth-order valence-corrected chi connectivity index (χ4v) is 4.74. The van der Waals surface area contributed by atoms with Gasteiger partial charge in [-0.05, 0) is 57.9 Å². The second-order valence-electron chi connectivity index (χ2n) is 7.65. The van der Waals surface area contributed by atoms with Crippen LogP contribution in [0.4, 0.5) is 0 Å². The summed E-state index contributed by atoms with van der Waals surface area (Å²) >= 11 is 0. The second-order valence-corrected chi connectivity index (χ2v) is 7.65. The number of amides is 1. The Hall–Kier alpha value is -0.610. The molecule has 0 N–H and O–H groups in total. The molecule has 0 radical (unpaired) electrons. The summed E-state index contributed by atoms with van der Waals surface area (Å²) in [6, 6.07) is 0.912. The summed E-state index contributed by atoms with van der Waals surface area (Å²) in [4.78, 5) is 17.7. The highest BCUT2D eigenvalue weighted by molar-refractivity contribution is 5.82. The molecule has 3 saturated heterocycles. The predicted octanol–water partition coefficient (Wildman–Crippen LogP) is 2.03. The van der Waals surface area contributed by atoms with Crippen LogP contribution >= 0.6 is 0 Å². The zero-order valence-electron chi connectivity index (χ0n) is 13.1. The molecule has 0 aromatic heterocycles. The Kier molecular flexibility index (Phi) is 3.70. The molecule has 21 heavy (non-hydrogen) atoms. The fraction of sp³-hybridized carbons (Fsp3) is 0.941. The lowest BCUT2D eigenvalue weighted by Gasteiger charge is -2.45. The third-order valence-electron chi connectivity index (χ3n) is 5.97. The number of piperidine rings is 1. The van der Waals surface area contributed by atoms with Crippen LogP contribution in [-0.4, -0.2) is 60.6 Å². The Labute approximate surface area is 127 Å². The molecule has 1 aliphatic carbocycles. The van der Waals surface area contributed by atoms with E-state index in [-0.39, 0.29) is 11.5 Å². The number of hydrogen-bond acceptors (Lipinski definition) is 3. The Bertz CT molecular complexity index is 396. The lowest BCUT2D eigenvalue weighted by molar-refractivity contribution is -0.142. The van der Waals surface area contributed by atoms with Crippen LogP contribution in [0.25, 0.3) is 0 Å². The van der Waals surface area contributed by atoms with E-state index in [0.29, 0.717) is 5.91 Å². The minimum Gasteiger partial charge on any atom is -0.381 e. The largest absolute Gasteiger partial charge is 0.381 e. The highest BCUT2D eigenvalue weighted by atomic mass is 16.5. The van der Waals surface area contributed by atoms with Crippen LogP contribution in [0.15, 0.2) is 0 Å². The van der Waals surface area contributed by atoms with Gasteiger partial charge in [0.1, 0.15) is 0 Å². The van der Waals surface area contributed by atoms with Crippen molar-refractivity contribution in [2.45, 2.75) is 63.5 Å². The molecule has 1 amide bonds. The van der Waals surface area contributed by atoms with Gasteiger partial charge in [0, 0.05) is 31.2 Å². The summed E-state index contributed by atoms with van der Waals surface area (Å²) < 4.78 is 5.74. The topological polar surface area (TPSA) is 32.8 Å².